The van der Waals surface area contributed by atoms with E-state index in [-0.39, 0.29) is 36.0 Å². The maximum atomic E-state index is 12.8. The molecule has 322 valence electrons. The zero-order valence-electron chi connectivity index (χ0n) is 35.1. The molecule has 5 aliphatic rings. The third kappa shape index (κ3) is 7.65. The lowest BCUT2D eigenvalue weighted by atomic mass is 9.89. The van der Waals surface area contributed by atoms with Crippen molar-refractivity contribution in [3.8, 4) is 0 Å². The molecule has 5 saturated heterocycles. The molecule has 2 aromatic heterocycles. The summed E-state index contributed by atoms with van der Waals surface area (Å²) in [4.78, 5) is 70.0. The van der Waals surface area contributed by atoms with E-state index in [2.05, 4.69) is 71.9 Å². The SMILES string of the molecule is CN1CCN([C@@H]2CCCN(c3cnc(C(N)=O)c(Nc4ccc(C5CCN(CC6CCN(c7cc8onc(C9CCC(=O)NC9=O)c8c8ccccc78)C6)CC5)cc4)n3)C2)C1=O. The van der Waals surface area contributed by atoms with Crippen molar-refractivity contribution in [1.29, 1.82) is 0 Å². The molecule has 4 N–H and O–H groups in total. The second-order valence-electron chi connectivity index (χ2n) is 17.7. The van der Waals surface area contributed by atoms with Crippen molar-refractivity contribution >= 4 is 68.5 Å². The first-order chi connectivity index (χ1) is 30.2. The number of anilines is 4. The first kappa shape index (κ1) is 39.8. The van der Waals surface area contributed by atoms with Crippen molar-refractivity contribution in [3.05, 3.63) is 77.7 Å². The van der Waals surface area contributed by atoms with Gasteiger partial charge in [-0.15, -0.1) is 0 Å². The highest BCUT2D eigenvalue weighted by atomic mass is 16.5. The molecule has 7 heterocycles. The van der Waals surface area contributed by atoms with E-state index in [1.54, 1.807) is 11.1 Å². The van der Waals surface area contributed by atoms with Crippen molar-refractivity contribution < 1.29 is 23.7 Å². The Hall–Kier alpha value is -6.29. The fraction of sp³-hybridized carbons (Fsp3) is 0.457. The van der Waals surface area contributed by atoms with Gasteiger partial charge < -0.3 is 40.1 Å². The van der Waals surface area contributed by atoms with E-state index >= 15 is 0 Å². The molecule has 3 aromatic carbocycles. The normalized spacial score (nSPS) is 22.9. The number of fused-ring (bicyclic) bond motifs is 3. The van der Waals surface area contributed by atoms with E-state index in [0.717, 1.165) is 112 Å². The van der Waals surface area contributed by atoms with Crippen molar-refractivity contribution in [2.45, 2.75) is 62.8 Å². The number of nitrogens with one attached hydrogen (secondary N) is 2. The van der Waals surface area contributed by atoms with Gasteiger partial charge in [-0.05, 0) is 86.5 Å². The molecule has 5 aromatic rings. The van der Waals surface area contributed by atoms with Crippen LogP contribution in [0.2, 0.25) is 0 Å². The molecule has 16 nitrogen and oxygen atoms in total. The van der Waals surface area contributed by atoms with Gasteiger partial charge in [0.25, 0.3) is 5.91 Å². The van der Waals surface area contributed by atoms with E-state index in [0.29, 0.717) is 47.7 Å². The number of primary amides is 1. The number of likely N-dealkylation sites (tertiary alicyclic amines) is 1. The number of carbonyl (C=O) groups excluding carboxylic acids is 4. The van der Waals surface area contributed by atoms with Gasteiger partial charge in [0.2, 0.25) is 11.8 Å². The average Bonchev–Trinajstić information content (AvgIpc) is 4.02. The molecular weight excluding hydrogens is 787 g/mol. The first-order valence-electron chi connectivity index (χ1n) is 22.1. The smallest absolute Gasteiger partial charge is 0.320 e. The summed E-state index contributed by atoms with van der Waals surface area (Å²) in [5.41, 5.74) is 10.3. The number of benzene rings is 3. The van der Waals surface area contributed by atoms with Gasteiger partial charge in [0.1, 0.15) is 11.5 Å². The minimum absolute atomic E-state index is 0.0694. The van der Waals surface area contributed by atoms with Crippen LogP contribution < -0.4 is 26.2 Å². The molecule has 0 bridgehead atoms. The third-order valence-corrected chi connectivity index (χ3v) is 13.8. The standard InChI is InChI=1S/C46H53N11O5/c1-53-21-22-57(46(53)61)32-5-4-17-56(27-32)38-24-48-42(43(47)59)44(50-38)49-31-10-8-29(9-11-31)30-15-18-54(19-16-30)25-28-14-20-55(26-28)36-23-37-40(34-7-3-2-6-33(34)36)41(52-62-37)35-12-13-39(58)51-45(35)60/h2-3,6-11,23-24,28,30,32,35H,4-5,12-22,25-27H2,1H3,(H2,47,59)(H,49,50)(H,51,58,60)/t28?,32-,35?/m1/s1. The monoisotopic (exact) mass is 839 g/mol. The Kier molecular flexibility index (Phi) is 10.6. The number of nitrogens with two attached hydrogens (primary N) is 1. The molecular formula is C46H53N11O5. The number of amides is 5. The Morgan fingerprint density at radius 3 is 2.47 bits per heavy atom. The molecule has 0 radical (unpaired) electrons. The summed E-state index contributed by atoms with van der Waals surface area (Å²) in [6.45, 7) is 7.97. The van der Waals surface area contributed by atoms with Crippen LogP contribution in [0.15, 0.2) is 65.3 Å². The lowest BCUT2D eigenvalue weighted by Gasteiger charge is -2.37. The van der Waals surface area contributed by atoms with E-state index in [4.69, 9.17) is 15.2 Å². The van der Waals surface area contributed by atoms with Gasteiger partial charge in [0.05, 0.1) is 23.5 Å². The molecule has 0 saturated carbocycles. The number of rotatable bonds is 10. The molecule has 10 rings (SSSR count). The lowest BCUT2D eigenvalue weighted by Crippen LogP contribution is -2.49. The predicted molar refractivity (Wildman–Crippen MR) is 236 cm³/mol. The van der Waals surface area contributed by atoms with Crippen molar-refractivity contribution in [1.82, 2.24) is 35.1 Å². The minimum atomic E-state index is -0.647. The van der Waals surface area contributed by atoms with Gasteiger partial charge in [0.15, 0.2) is 17.1 Å². The van der Waals surface area contributed by atoms with Gasteiger partial charge in [-0.3, -0.25) is 19.7 Å². The summed E-state index contributed by atoms with van der Waals surface area (Å²) in [6.07, 6.45) is 7.47. The molecule has 0 aliphatic carbocycles. The molecule has 2 unspecified atom stereocenters. The third-order valence-electron chi connectivity index (χ3n) is 13.8. The number of imide groups is 1. The Bertz CT molecular complexity index is 2540. The summed E-state index contributed by atoms with van der Waals surface area (Å²) < 4.78 is 5.89. The first-order valence-corrected chi connectivity index (χ1v) is 22.1. The van der Waals surface area contributed by atoms with Crippen LogP contribution in [-0.2, 0) is 9.59 Å². The van der Waals surface area contributed by atoms with Crippen LogP contribution in [0, 0.1) is 5.92 Å². The van der Waals surface area contributed by atoms with Gasteiger partial charge in [-0.1, -0.05) is 41.6 Å². The Morgan fingerprint density at radius 1 is 0.903 bits per heavy atom. The molecule has 5 amide bonds. The number of urea groups is 1. The number of aromatic nitrogens is 3. The van der Waals surface area contributed by atoms with E-state index in [9.17, 15) is 19.2 Å². The number of piperidine rings is 3. The van der Waals surface area contributed by atoms with Crippen LogP contribution in [-0.4, -0.2) is 126 Å². The second-order valence-corrected chi connectivity index (χ2v) is 17.7. The van der Waals surface area contributed by atoms with Crippen LogP contribution in [0.4, 0.5) is 27.8 Å². The van der Waals surface area contributed by atoms with Crippen molar-refractivity contribution in [2.24, 2.45) is 11.7 Å². The number of likely N-dealkylation sites (N-methyl/N-ethyl adjacent to an activating group) is 1. The quantitative estimate of drug-likeness (QED) is 0.157. The van der Waals surface area contributed by atoms with Crippen molar-refractivity contribution in [2.75, 3.05) is 81.1 Å². The topological polar surface area (TPSA) is 186 Å². The molecule has 0 spiro atoms. The molecule has 5 aliphatic heterocycles. The summed E-state index contributed by atoms with van der Waals surface area (Å²) in [6, 6.07) is 18.9. The van der Waals surface area contributed by atoms with Crippen LogP contribution in [0.25, 0.3) is 21.7 Å². The summed E-state index contributed by atoms with van der Waals surface area (Å²) >= 11 is 0. The number of carbonyl (C=O) groups is 4. The average molecular weight is 840 g/mol. The van der Waals surface area contributed by atoms with E-state index in [1.807, 2.05) is 30.1 Å². The Labute approximate surface area is 359 Å². The van der Waals surface area contributed by atoms with Crippen LogP contribution in [0.1, 0.15) is 78.5 Å². The van der Waals surface area contributed by atoms with Gasteiger partial charge in [0, 0.05) is 82.1 Å². The maximum Gasteiger partial charge on any atom is 0.320 e. The number of hydrogen-bond donors (Lipinski definition) is 3. The maximum absolute atomic E-state index is 12.8. The summed E-state index contributed by atoms with van der Waals surface area (Å²) in [7, 11) is 1.84. The van der Waals surface area contributed by atoms with Crippen LogP contribution in [0.3, 0.4) is 0 Å². The molecule has 16 heteroatoms. The number of hydrogen-bond acceptors (Lipinski definition) is 12. The minimum Gasteiger partial charge on any atom is -0.371 e. The lowest BCUT2D eigenvalue weighted by molar-refractivity contribution is -0.134. The highest BCUT2D eigenvalue weighted by Crippen LogP contribution is 2.41. The molecule has 5 fully saturated rings. The van der Waals surface area contributed by atoms with Crippen LogP contribution >= 0.6 is 0 Å². The molecule has 62 heavy (non-hydrogen) atoms. The van der Waals surface area contributed by atoms with E-state index < -0.39 is 11.8 Å². The fourth-order valence-electron chi connectivity index (χ4n) is 10.5. The Balaban J connectivity index is 0.753. The second kappa shape index (κ2) is 16.5. The van der Waals surface area contributed by atoms with Crippen LogP contribution in [0.5, 0.6) is 0 Å². The molecule has 3 atom stereocenters. The fourth-order valence-corrected chi connectivity index (χ4v) is 10.5. The van der Waals surface area contributed by atoms with Crippen molar-refractivity contribution in [3.63, 3.8) is 0 Å². The highest BCUT2D eigenvalue weighted by Gasteiger charge is 2.36. The Morgan fingerprint density at radius 2 is 1.71 bits per heavy atom. The summed E-state index contributed by atoms with van der Waals surface area (Å²) in [5, 5.41) is 13.2. The zero-order valence-corrected chi connectivity index (χ0v) is 35.1. The van der Waals surface area contributed by atoms with Gasteiger partial charge in [-0.2, -0.15) is 0 Å². The van der Waals surface area contributed by atoms with Gasteiger partial charge in [-0.25, -0.2) is 14.8 Å². The summed E-state index contributed by atoms with van der Waals surface area (Å²) in [5.74, 6) is 0.261. The van der Waals surface area contributed by atoms with E-state index in [1.165, 1.54) is 5.56 Å². The van der Waals surface area contributed by atoms with Gasteiger partial charge >= 0.3 is 6.03 Å². The highest BCUT2D eigenvalue weighted by molar-refractivity contribution is 6.14. The number of nitrogens with zero attached hydrogens (tertiary/aromatic N) is 8. The zero-order chi connectivity index (χ0) is 42.5. The predicted octanol–water partition coefficient (Wildman–Crippen LogP) is 5.18. The largest absolute Gasteiger partial charge is 0.371 e.